The number of rotatable bonds is 6. The molecule has 2 aliphatic heterocycles. The van der Waals surface area contributed by atoms with Crippen molar-refractivity contribution in [3.8, 4) is 11.5 Å². The van der Waals surface area contributed by atoms with Crippen LogP contribution in [0.25, 0.3) is 6.08 Å². The zero-order chi connectivity index (χ0) is 19.2. The van der Waals surface area contributed by atoms with Crippen LogP contribution in [0, 0.1) is 0 Å². The fourth-order valence-corrected chi connectivity index (χ4v) is 3.99. The van der Waals surface area contributed by atoms with E-state index in [1.807, 2.05) is 17.9 Å². The van der Waals surface area contributed by atoms with E-state index in [1.165, 1.54) is 18.2 Å². The molecule has 0 bridgehead atoms. The minimum absolute atomic E-state index is 0.00381. The highest BCUT2D eigenvalue weighted by Crippen LogP contribution is 2.32. The van der Waals surface area contributed by atoms with E-state index in [0.29, 0.717) is 27.3 Å². The number of likely N-dealkylation sites (tertiary alicyclic amines) is 1. The van der Waals surface area contributed by atoms with Gasteiger partial charge in [0.25, 0.3) is 11.8 Å². The smallest absolute Gasteiger partial charge is 0.263 e. The average molecular weight is 407 g/mol. The summed E-state index contributed by atoms with van der Waals surface area (Å²) in [5.74, 6) is 0.860. The van der Waals surface area contributed by atoms with Gasteiger partial charge in [-0.15, -0.1) is 0 Å². The maximum absolute atomic E-state index is 12.3. The highest BCUT2D eigenvalue weighted by atomic mass is 32.2. The van der Waals surface area contributed by atoms with E-state index >= 15 is 0 Å². The molecule has 0 saturated carbocycles. The van der Waals surface area contributed by atoms with Crippen molar-refractivity contribution in [1.82, 2.24) is 10.2 Å². The highest BCUT2D eigenvalue weighted by Gasteiger charge is 2.22. The van der Waals surface area contributed by atoms with Gasteiger partial charge in [0, 0.05) is 13.1 Å². The van der Waals surface area contributed by atoms with E-state index in [9.17, 15) is 9.59 Å². The van der Waals surface area contributed by atoms with Crippen molar-refractivity contribution in [2.75, 3.05) is 26.3 Å². The molecule has 1 aromatic carbocycles. The highest BCUT2D eigenvalue weighted by molar-refractivity contribution is 8.26. The molecule has 0 atom stereocenters. The van der Waals surface area contributed by atoms with Crippen molar-refractivity contribution in [2.24, 2.45) is 0 Å². The number of piperidine rings is 1. The molecule has 0 aliphatic carbocycles. The summed E-state index contributed by atoms with van der Waals surface area (Å²) in [5, 5.41) is 2.59. The Hall–Kier alpha value is -2.06. The Kier molecular flexibility index (Phi) is 6.73. The van der Waals surface area contributed by atoms with Gasteiger partial charge < -0.3 is 19.7 Å². The quantitative estimate of drug-likeness (QED) is 0.579. The van der Waals surface area contributed by atoms with Gasteiger partial charge in [-0.25, -0.2) is 0 Å². The van der Waals surface area contributed by atoms with Crippen LogP contribution in [0.4, 0.5) is 0 Å². The molecule has 27 heavy (non-hydrogen) atoms. The lowest BCUT2D eigenvalue weighted by Crippen LogP contribution is -2.38. The zero-order valence-corrected chi connectivity index (χ0v) is 16.8. The van der Waals surface area contributed by atoms with Crippen molar-refractivity contribution >= 4 is 46.2 Å². The van der Waals surface area contributed by atoms with Gasteiger partial charge in [-0.3, -0.25) is 9.59 Å². The van der Waals surface area contributed by atoms with Crippen molar-refractivity contribution in [3.63, 3.8) is 0 Å². The Balaban J connectivity index is 1.70. The van der Waals surface area contributed by atoms with Gasteiger partial charge in [-0.1, -0.05) is 30.0 Å². The van der Waals surface area contributed by atoms with Gasteiger partial charge in [-0.05, 0) is 50.0 Å². The minimum atomic E-state index is -0.199. The summed E-state index contributed by atoms with van der Waals surface area (Å²) in [7, 11) is 0. The Morgan fingerprint density at radius 2 is 2.04 bits per heavy atom. The van der Waals surface area contributed by atoms with Gasteiger partial charge >= 0.3 is 0 Å². The first kappa shape index (κ1) is 19.7. The number of amides is 2. The number of benzene rings is 1. The first-order valence-corrected chi connectivity index (χ1v) is 10.2. The number of nitrogens with zero attached hydrogens (tertiary/aromatic N) is 1. The minimum Gasteiger partial charge on any atom is -0.490 e. The molecule has 2 amide bonds. The summed E-state index contributed by atoms with van der Waals surface area (Å²) >= 11 is 6.23. The number of thiocarbonyl (C=S) groups is 1. The molecule has 6 nitrogen and oxygen atoms in total. The fourth-order valence-electron chi connectivity index (χ4n) is 2.95. The maximum atomic E-state index is 12.3. The SMILES string of the molecule is CCOc1cc(/C=C2/SC(=S)NC2=O)ccc1OCC(=O)N1CCCCC1. The van der Waals surface area contributed by atoms with Crippen LogP contribution in [0.5, 0.6) is 11.5 Å². The lowest BCUT2D eigenvalue weighted by molar-refractivity contribution is -0.134. The number of ether oxygens (including phenoxy) is 2. The second-order valence-electron chi connectivity index (χ2n) is 6.22. The largest absolute Gasteiger partial charge is 0.490 e. The van der Waals surface area contributed by atoms with Crippen molar-refractivity contribution < 1.29 is 19.1 Å². The normalized spacial score (nSPS) is 18.6. The summed E-state index contributed by atoms with van der Waals surface area (Å²) in [5.41, 5.74) is 0.801. The number of carbonyl (C=O) groups is 2. The molecule has 144 valence electrons. The third kappa shape index (κ3) is 5.23. The van der Waals surface area contributed by atoms with Crippen LogP contribution in [-0.2, 0) is 9.59 Å². The van der Waals surface area contributed by atoms with E-state index in [4.69, 9.17) is 21.7 Å². The van der Waals surface area contributed by atoms with Gasteiger partial charge in [-0.2, -0.15) is 0 Å². The van der Waals surface area contributed by atoms with E-state index < -0.39 is 0 Å². The number of hydrogen-bond acceptors (Lipinski definition) is 6. The second kappa shape index (κ2) is 9.23. The van der Waals surface area contributed by atoms with Gasteiger partial charge in [0.2, 0.25) is 0 Å². The zero-order valence-electron chi connectivity index (χ0n) is 15.2. The summed E-state index contributed by atoms with van der Waals surface area (Å²) < 4.78 is 11.8. The molecule has 2 heterocycles. The third-order valence-corrected chi connectivity index (χ3v) is 5.43. The van der Waals surface area contributed by atoms with E-state index in [2.05, 4.69) is 5.32 Å². The Labute approximate surface area is 168 Å². The Morgan fingerprint density at radius 1 is 1.26 bits per heavy atom. The molecule has 3 rings (SSSR count). The molecule has 2 fully saturated rings. The number of thioether (sulfide) groups is 1. The predicted octanol–water partition coefficient (Wildman–Crippen LogP) is 2.97. The fraction of sp³-hybridized carbons (Fsp3) is 0.421. The lowest BCUT2D eigenvalue weighted by atomic mass is 10.1. The standard InChI is InChI=1S/C19H22N2O4S2/c1-2-24-15-10-13(11-16-18(23)20-19(26)27-16)6-7-14(15)25-12-17(22)21-8-4-3-5-9-21/h6-7,10-11H,2-5,8-9,12H2,1H3,(H,20,23,26)/b16-11+. The van der Waals surface area contributed by atoms with Crippen LogP contribution >= 0.6 is 24.0 Å². The summed E-state index contributed by atoms with van der Waals surface area (Å²) in [6, 6.07) is 5.38. The molecular weight excluding hydrogens is 384 g/mol. The van der Waals surface area contributed by atoms with Gasteiger partial charge in [0.15, 0.2) is 18.1 Å². The summed E-state index contributed by atoms with van der Waals surface area (Å²) in [6.45, 7) is 3.94. The predicted molar refractivity (Wildman–Crippen MR) is 110 cm³/mol. The summed E-state index contributed by atoms with van der Waals surface area (Å²) in [4.78, 5) is 26.5. The molecule has 2 saturated heterocycles. The van der Waals surface area contributed by atoms with Crippen LogP contribution in [0.3, 0.4) is 0 Å². The Bertz CT molecular complexity index is 773. The molecule has 1 aromatic rings. The molecule has 0 spiro atoms. The summed E-state index contributed by atoms with van der Waals surface area (Å²) in [6.07, 6.45) is 5.03. The maximum Gasteiger partial charge on any atom is 0.263 e. The monoisotopic (exact) mass is 406 g/mol. The second-order valence-corrected chi connectivity index (χ2v) is 7.94. The molecule has 2 aliphatic rings. The average Bonchev–Trinajstić information content (AvgIpc) is 2.98. The lowest BCUT2D eigenvalue weighted by Gasteiger charge is -2.26. The van der Waals surface area contributed by atoms with Crippen molar-refractivity contribution in [3.05, 3.63) is 28.7 Å². The molecular formula is C19H22N2O4S2. The van der Waals surface area contributed by atoms with Crippen molar-refractivity contribution in [2.45, 2.75) is 26.2 Å². The van der Waals surface area contributed by atoms with Gasteiger partial charge in [0.1, 0.15) is 4.32 Å². The molecule has 0 aromatic heterocycles. The molecule has 8 heteroatoms. The number of nitrogens with one attached hydrogen (secondary N) is 1. The third-order valence-electron chi connectivity index (χ3n) is 4.27. The van der Waals surface area contributed by atoms with E-state index in [0.717, 1.165) is 31.5 Å². The Morgan fingerprint density at radius 3 is 2.70 bits per heavy atom. The van der Waals surface area contributed by atoms with Gasteiger partial charge in [0.05, 0.1) is 11.5 Å². The van der Waals surface area contributed by atoms with E-state index in [-0.39, 0.29) is 18.4 Å². The van der Waals surface area contributed by atoms with Crippen LogP contribution < -0.4 is 14.8 Å². The van der Waals surface area contributed by atoms with Crippen LogP contribution in [0.2, 0.25) is 0 Å². The molecule has 0 radical (unpaired) electrons. The van der Waals surface area contributed by atoms with Crippen LogP contribution in [0.1, 0.15) is 31.7 Å². The van der Waals surface area contributed by atoms with Crippen LogP contribution in [-0.4, -0.2) is 47.3 Å². The topological polar surface area (TPSA) is 67.9 Å². The first-order valence-electron chi connectivity index (χ1n) is 8.99. The number of hydrogen-bond donors (Lipinski definition) is 1. The molecule has 0 unspecified atom stereocenters. The van der Waals surface area contributed by atoms with Crippen LogP contribution in [0.15, 0.2) is 23.1 Å². The van der Waals surface area contributed by atoms with Crippen molar-refractivity contribution in [1.29, 1.82) is 0 Å². The molecule has 1 N–H and O–H groups in total. The first-order chi connectivity index (χ1) is 13.1. The number of carbonyl (C=O) groups excluding carboxylic acids is 2. The van der Waals surface area contributed by atoms with E-state index in [1.54, 1.807) is 18.2 Å².